The Morgan fingerprint density at radius 2 is 1.70 bits per heavy atom. The number of amides is 3. The fourth-order valence-corrected chi connectivity index (χ4v) is 4.05. The van der Waals surface area contributed by atoms with Crippen molar-refractivity contribution in [3.8, 4) is 5.75 Å². The number of hydrogen-bond donors (Lipinski definition) is 2. The summed E-state index contributed by atoms with van der Waals surface area (Å²) in [5.74, 6) is -1.51. The second-order valence-electron chi connectivity index (χ2n) is 8.14. The minimum atomic E-state index is -0.751. The van der Waals surface area contributed by atoms with Crippen LogP contribution in [0.2, 0.25) is 0 Å². The lowest BCUT2D eigenvalue weighted by atomic mass is 9.95. The molecule has 8 heteroatoms. The maximum absolute atomic E-state index is 13.5. The van der Waals surface area contributed by atoms with Crippen molar-refractivity contribution in [2.45, 2.75) is 69.9 Å². The van der Waals surface area contributed by atoms with Crippen LogP contribution in [0.3, 0.4) is 0 Å². The summed E-state index contributed by atoms with van der Waals surface area (Å²) in [7, 11) is 0. The maximum Gasteiger partial charge on any atom is 0.317 e. The minimum absolute atomic E-state index is 0.0110. The molecular formula is C22H31F2N3O3. The minimum Gasteiger partial charge on any atom is -0.491 e. The molecule has 6 nitrogen and oxygen atoms in total. The van der Waals surface area contributed by atoms with Crippen molar-refractivity contribution < 1.29 is 23.1 Å². The van der Waals surface area contributed by atoms with Gasteiger partial charge in [0.1, 0.15) is 5.82 Å². The molecular weight excluding hydrogens is 392 g/mol. The lowest BCUT2D eigenvalue weighted by Gasteiger charge is -2.34. The number of urea groups is 1. The van der Waals surface area contributed by atoms with Crippen molar-refractivity contribution >= 4 is 11.9 Å². The first-order valence-electron chi connectivity index (χ1n) is 10.9. The molecule has 0 spiro atoms. The van der Waals surface area contributed by atoms with E-state index in [1.54, 1.807) is 0 Å². The standard InChI is InChI=1S/C22H31F2N3O3/c23-16-8-9-20(19(24)15-16)30-14-4-7-21(28)25-18-10-12-27(13-11-18)22(29)26-17-5-2-1-3-6-17/h8-9,15,17-18H,1-7,10-14H2,(H,25,28)(H,26,29). The number of benzene rings is 1. The van der Waals surface area contributed by atoms with Gasteiger partial charge in [0.15, 0.2) is 11.6 Å². The average molecular weight is 424 g/mol. The van der Waals surface area contributed by atoms with Crippen molar-refractivity contribution in [3.05, 3.63) is 29.8 Å². The van der Waals surface area contributed by atoms with Crippen LogP contribution in [0.15, 0.2) is 18.2 Å². The molecule has 2 fully saturated rings. The zero-order chi connectivity index (χ0) is 21.3. The Morgan fingerprint density at radius 3 is 2.40 bits per heavy atom. The summed E-state index contributed by atoms with van der Waals surface area (Å²) in [6.07, 6.45) is 7.93. The van der Waals surface area contributed by atoms with Gasteiger partial charge in [0.25, 0.3) is 0 Å². The summed E-state index contributed by atoms with van der Waals surface area (Å²) in [5.41, 5.74) is 0. The molecule has 0 unspecified atom stereocenters. The van der Waals surface area contributed by atoms with Gasteiger partial charge >= 0.3 is 6.03 Å². The van der Waals surface area contributed by atoms with Crippen LogP contribution < -0.4 is 15.4 Å². The van der Waals surface area contributed by atoms with Gasteiger partial charge in [-0.15, -0.1) is 0 Å². The lowest BCUT2D eigenvalue weighted by molar-refractivity contribution is -0.122. The van der Waals surface area contributed by atoms with E-state index in [2.05, 4.69) is 10.6 Å². The Hall–Kier alpha value is -2.38. The third kappa shape index (κ3) is 6.85. The van der Waals surface area contributed by atoms with Gasteiger partial charge in [-0.25, -0.2) is 13.6 Å². The monoisotopic (exact) mass is 423 g/mol. The molecule has 3 amide bonds. The summed E-state index contributed by atoms with van der Waals surface area (Å²) in [5, 5.41) is 6.14. The molecule has 1 aliphatic heterocycles. The molecule has 1 aromatic rings. The first-order chi connectivity index (χ1) is 14.5. The molecule has 0 atom stereocenters. The number of nitrogens with zero attached hydrogens (tertiary/aromatic N) is 1. The van der Waals surface area contributed by atoms with E-state index in [0.29, 0.717) is 25.6 Å². The molecule has 30 heavy (non-hydrogen) atoms. The van der Waals surface area contributed by atoms with E-state index in [0.717, 1.165) is 37.8 Å². The third-order valence-electron chi connectivity index (χ3n) is 5.78. The molecule has 1 saturated heterocycles. The SMILES string of the molecule is O=C(CCCOc1ccc(F)cc1F)NC1CCN(C(=O)NC2CCCCC2)CC1. The van der Waals surface area contributed by atoms with Crippen molar-refractivity contribution in [3.63, 3.8) is 0 Å². The van der Waals surface area contributed by atoms with Crippen LogP contribution in [0.4, 0.5) is 13.6 Å². The number of hydrogen-bond acceptors (Lipinski definition) is 3. The summed E-state index contributed by atoms with van der Waals surface area (Å²) in [6, 6.07) is 3.51. The van der Waals surface area contributed by atoms with E-state index in [9.17, 15) is 18.4 Å². The number of carbonyl (C=O) groups excluding carboxylic acids is 2. The van der Waals surface area contributed by atoms with Crippen LogP contribution in [0.5, 0.6) is 5.75 Å². The van der Waals surface area contributed by atoms with Crippen molar-refractivity contribution in [1.82, 2.24) is 15.5 Å². The van der Waals surface area contributed by atoms with Crippen molar-refractivity contribution in [2.24, 2.45) is 0 Å². The van der Waals surface area contributed by atoms with Gasteiger partial charge < -0.3 is 20.3 Å². The van der Waals surface area contributed by atoms with Crippen LogP contribution in [0, 0.1) is 11.6 Å². The van der Waals surface area contributed by atoms with Crippen LogP contribution in [0.25, 0.3) is 0 Å². The number of halogens is 2. The number of ether oxygens (including phenoxy) is 1. The Balaban J connectivity index is 1.28. The summed E-state index contributed by atoms with van der Waals surface area (Å²) < 4.78 is 31.6. The predicted molar refractivity (Wildman–Crippen MR) is 109 cm³/mol. The summed E-state index contributed by atoms with van der Waals surface area (Å²) in [4.78, 5) is 26.4. The van der Waals surface area contributed by atoms with Gasteiger partial charge in [-0.1, -0.05) is 19.3 Å². The van der Waals surface area contributed by atoms with Crippen LogP contribution in [-0.4, -0.2) is 48.6 Å². The molecule has 1 aliphatic carbocycles. The molecule has 0 bridgehead atoms. The quantitative estimate of drug-likeness (QED) is 0.657. The molecule has 1 aromatic carbocycles. The highest BCUT2D eigenvalue weighted by Crippen LogP contribution is 2.19. The molecule has 2 N–H and O–H groups in total. The Kier molecular flexibility index (Phi) is 8.28. The normalized spacial score (nSPS) is 18.1. The first kappa shape index (κ1) is 22.3. The largest absolute Gasteiger partial charge is 0.491 e. The molecule has 0 radical (unpaired) electrons. The molecule has 0 aromatic heterocycles. The van der Waals surface area contributed by atoms with E-state index in [4.69, 9.17) is 4.74 Å². The van der Waals surface area contributed by atoms with E-state index >= 15 is 0 Å². The zero-order valence-electron chi connectivity index (χ0n) is 17.3. The fourth-order valence-electron chi connectivity index (χ4n) is 4.05. The summed E-state index contributed by atoms with van der Waals surface area (Å²) >= 11 is 0. The topological polar surface area (TPSA) is 70.7 Å². The Bertz CT molecular complexity index is 718. The predicted octanol–water partition coefficient (Wildman–Crippen LogP) is 3.75. The van der Waals surface area contributed by atoms with Crippen LogP contribution in [-0.2, 0) is 4.79 Å². The van der Waals surface area contributed by atoms with Gasteiger partial charge in [-0.2, -0.15) is 0 Å². The molecule has 166 valence electrons. The van der Waals surface area contributed by atoms with Crippen LogP contribution >= 0.6 is 0 Å². The van der Waals surface area contributed by atoms with E-state index in [1.807, 2.05) is 4.90 Å². The highest BCUT2D eigenvalue weighted by atomic mass is 19.1. The zero-order valence-corrected chi connectivity index (χ0v) is 17.3. The van der Waals surface area contributed by atoms with Gasteiger partial charge in [0.05, 0.1) is 6.61 Å². The second kappa shape index (κ2) is 11.1. The maximum atomic E-state index is 13.5. The van der Waals surface area contributed by atoms with Gasteiger partial charge in [0.2, 0.25) is 5.91 Å². The number of carbonyl (C=O) groups is 2. The number of piperidine rings is 1. The van der Waals surface area contributed by atoms with E-state index < -0.39 is 11.6 Å². The molecule has 2 aliphatic rings. The van der Waals surface area contributed by atoms with Crippen molar-refractivity contribution in [2.75, 3.05) is 19.7 Å². The third-order valence-corrected chi connectivity index (χ3v) is 5.78. The van der Waals surface area contributed by atoms with Crippen LogP contribution in [0.1, 0.15) is 57.8 Å². The fraction of sp³-hybridized carbons (Fsp3) is 0.636. The number of rotatable bonds is 7. The highest BCUT2D eigenvalue weighted by Gasteiger charge is 2.25. The smallest absolute Gasteiger partial charge is 0.317 e. The lowest BCUT2D eigenvalue weighted by Crippen LogP contribution is -2.51. The molecule has 3 rings (SSSR count). The average Bonchev–Trinajstić information content (AvgIpc) is 2.73. The highest BCUT2D eigenvalue weighted by molar-refractivity contribution is 5.76. The van der Waals surface area contributed by atoms with E-state index in [1.165, 1.54) is 25.3 Å². The van der Waals surface area contributed by atoms with Gasteiger partial charge in [-0.05, 0) is 44.2 Å². The van der Waals surface area contributed by atoms with Gasteiger partial charge in [0, 0.05) is 37.7 Å². The van der Waals surface area contributed by atoms with Crippen molar-refractivity contribution in [1.29, 1.82) is 0 Å². The Morgan fingerprint density at radius 1 is 1.00 bits per heavy atom. The second-order valence-corrected chi connectivity index (χ2v) is 8.14. The molecule has 1 saturated carbocycles. The first-order valence-corrected chi connectivity index (χ1v) is 10.9. The Labute approximate surface area is 176 Å². The summed E-state index contributed by atoms with van der Waals surface area (Å²) in [6.45, 7) is 1.45. The molecule has 1 heterocycles. The van der Waals surface area contributed by atoms with E-state index in [-0.39, 0.29) is 36.8 Å². The van der Waals surface area contributed by atoms with Gasteiger partial charge in [-0.3, -0.25) is 4.79 Å². The number of likely N-dealkylation sites (tertiary alicyclic amines) is 1. The number of nitrogens with one attached hydrogen (secondary N) is 2.